The van der Waals surface area contributed by atoms with Crippen LogP contribution in [-0.2, 0) is 33.6 Å². The molecule has 1 unspecified atom stereocenters. The van der Waals surface area contributed by atoms with Gasteiger partial charge in [-0.15, -0.1) is 0 Å². The van der Waals surface area contributed by atoms with Gasteiger partial charge in [0.1, 0.15) is 22.8 Å². The fourth-order valence-electron chi connectivity index (χ4n) is 6.76. The van der Waals surface area contributed by atoms with E-state index in [2.05, 4.69) is 4.98 Å². The molecule has 11 nitrogen and oxygen atoms in total. The van der Waals surface area contributed by atoms with E-state index in [1.165, 1.54) is 4.90 Å². The Hall–Kier alpha value is -4.22. The van der Waals surface area contributed by atoms with Crippen molar-refractivity contribution in [3.8, 4) is 5.75 Å². The molecule has 0 radical (unpaired) electrons. The first-order valence-corrected chi connectivity index (χ1v) is 13.4. The van der Waals surface area contributed by atoms with Gasteiger partial charge in [0.25, 0.3) is 5.91 Å². The summed E-state index contributed by atoms with van der Waals surface area (Å²) in [4.78, 5) is 47.0. The van der Waals surface area contributed by atoms with E-state index >= 15 is 0 Å². The molecule has 0 saturated heterocycles. The lowest BCUT2D eigenvalue weighted by atomic mass is 9.57. The van der Waals surface area contributed by atoms with Crippen LogP contribution in [0.5, 0.6) is 5.75 Å². The van der Waals surface area contributed by atoms with E-state index < -0.39 is 58.0 Å². The molecular weight excluding hydrogens is 528 g/mol. The number of aryl methyl sites for hydroxylation is 2. The highest BCUT2D eigenvalue weighted by Crippen LogP contribution is 2.54. The predicted octanol–water partition coefficient (Wildman–Crippen LogP) is 1.21. The number of anilines is 1. The van der Waals surface area contributed by atoms with Crippen LogP contribution in [0, 0.1) is 11.8 Å². The minimum Gasteiger partial charge on any atom is -0.508 e. The topological polar surface area (TPSA) is 178 Å². The van der Waals surface area contributed by atoms with Gasteiger partial charge in [-0.25, -0.2) is 0 Å². The van der Waals surface area contributed by atoms with Gasteiger partial charge in [0.05, 0.1) is 11.6 Å². The molecule has 1 saturated carbocycles. The van der Waals surface area contributed by atoms with Gasteiger partial charge in [0.15, 0.2) is 11.4 Å². The number of ketones is 2. The number of hydrogen-bond donors (Lipinski definition) is 5. The molecule has 5 rings (SSSR count). The quantitative estimate of drug-likeness (QED) is 0.322. The number of carbonyl (C=O) groups excluding carboxylic acids is 3. The minimum absolute atomic E-state index is 0.0438. The molecule has 0 aliphatic heterocycles. The number of nitrogens with two attached hydrogens (primary N) is 1. The van der Waals surface area contributed by atoms with Crippen molar-refractivity contribution >= 4 is 28.9 Å². The monoisotopic (exact) mass is 562 g/mol. The van der Waals surface area contributed by atoms with Gasteiger partial charge in [-0.3, -0.25) is 24.3 Å². The number of phenolic OH excluding ortho intramolecular Hbond substituents is 1. The molecular formula is C30H34N4O7. The maximum atomic E-state index is 14.1. The second-order valence-corrected chi connectivity index (χ2v) is 11.5. The number of Topliss-reactive ketones (excluding diaryl/α,β-unsaturated/α-hetero) is 2. The van der Waals surface area contributed by atoms with Crippen LogP contribution in [0.1, 0.15) is 28.7 Å². The van der Waals surface area contributed by atoms with Crippen molar-refractivity contribution in [1.82, 2.24) is 9.88 Å². The summed E-state index contributed by atoms with van der Waals surface area (Å²) in [7, 11) is 6.83. The van der Waals surface area contributed by atoms with Crippen molar-refractivity contribution in [2.24, 2.45) is 17.6 Å². The normalized spacial score (nSPS) is 25.7. The summed E-state index contributed by atoms with van der Waals surface area (Å²) in [5, 5.41) is 45.8. The smallest absolute Gasteiger partial charge is 0.255 e. The van der Waals surface area contributed by atoms with Gasteiger partial charge in [-0.2, -0.15) is 0 Å². The van der Waals surface area contributed by atoms with Crippen LogP contribution in [0.15, 0.2) is 47.5 Å². The second kappa shape index (κ2) is 10.0. The van der Waals surface area contributed by atoms with Crippen LogP contribution < -0.4 is 10.6 Å². The third-order valence-electron chi connectivity index (χ3n) is 8.66. The van der Waals surface area contributed by atoms with Crippen LogP contribution >= 0.6 is 0 Å². The highest BCUT2D eigenvalue weighted by Gasteiger charge is 2.64. The third-order valence-corrected chi connectivity index (χ3v) is 8.66. The Bertz CT molecular complexity index is 1530. The van der Waals surface area contributed by atoms with Crippen molar-refractivity contribution in [1.29, 1.82) is 0 Å². The number of rotatable bonds is 6. The fourth-order valence-corrected chi connectivity index (χ4v) is 6.76. The Morgan fingerprint density at radius 1 is 1.15 bits per heavy atom. The van der Waals surface area contributed by atoms with Crippen LogP contribution in [-0.4, -0.2) is 87.6 Å². The number of pyridine rings is 1. The fraction of sp³-hybridized carbons (Fsp3) is 0.400. The summed E-state index contributed by atoms with van der Waals surface area (Å²) in [6.45, 7) is 0. The van der Waals surface area contributed by atoms with Gasteiger partial charge < -0.3 is 31.1 Å². The molecule has 3 aliphatic rings. The summed E-state index contributed by atoms with van der Waals surface area (Å²) in [5.41, 5.74) is 4.71. The number of hydrogen-bond acceptors (Lipinski definition) is 10. The van der Waals surface area contributed by atoms with Crippen LogP contribution in [0.4, 0.5) is 5.69 Å². The molecule has 1 amide bonds. The van der Waals surface area contributed by atoms with E-state index in [9.17, 15) is 34.8 Å². The number of likely N-dealkylation sites (N-methyl/N-ethyl adjacent to an activating group) is 1. The largest absolute Gasteiger partial charge is 0.508 e. The second-order valence-electron chi connectivity index (χ2n) is 11.5. The molecule has 3 aliphatic carbocycles. The Kier molecular flexibility index (Phi) is 6.91. The zero-order chi connectivity index (χ0) is 30.0. The lowest BCUT2D eigenvalue weighted by Gasteiger charge is -2.50. The van der Waals surface area contributed by atoms with Crippen molar-refractivity contribution in [2.75, 3.05) is 33.1 Å². The van der Waals surface area contributed by atoms with Crippen LogP contribution in [0.2, 0.25) is 0 Å². The number of carbonyl (C=O) groups is 3. The predicted molar refractivity (Wildman–Crippen MR) is 150 cm³/mol. The number of primary amides is 1. The molecule has 1 aromatic heterocycles. The molecule has 1 heterocycles. The lowest BCUT2D eigenvalue weighted by molar-refractivity contribution is -0.153. The first kappa shape index (κ1) is 28.3. The Morgan fingerprint density at radius 3 is 2.44 bits per heavy atom. The highest BCUT2D eigenvalue weighted by atomic mass is 16.3. The number of phenols is 1. The Labute approximate surface area is 237 Å². The zero-order valence-electron chi connectivity index (χ0n) is 23.4. The minimum atomic E-state index is -2.66. The number of aromatic hydroxyl groups is 1. The van der Waals surface area contributed by atoms with Crippen molar-refractivity contribution in [2.45, 2.75) is 37.3 Å². The summed E-state index contributed by atoms with van der Waals surface area (Å²) >= 11 is 0. The first-order chi connectivity index (χ1) is 19.3. The zero-order valence-corrected chi connectivity index (χ0v) is 23.4. The third kappa shape index (κ3) is 4.18. The maximum Gasteiger partial charge on any atom is 0.255 e. The molecule has 216 valence electrons. The van der Waals surface area contributed by atoms with E-state index in [1.807, 2.05) is 37.2 Å². The van der Waals surface area contributed by atoms with Crippen LogP contribution in [0.25, 0.3) is 5.76 Å². The van der Waals surface area contributed by atoms with Crippen molar-refractivity contribution < 1.29 is 34.8 Å². The Balaban J connectivity index is 1.68. The van der Waals surface area contributed by atoms with E-state index in [0.29, 0.717) is 24.0 Å². The molecule has 0 spiro atoms. The lowest BCUT2D eigenvalue weighted by Crippen LogP contribution is -2.65. The highest BCUT2D eigenvalue weighted by molar-refractivity contribution is 6.24. The van der Waals surface area contributed by atoms with E-state index in [-0.39, 0.29) is 29.7 Å². The average molecular weight is 563 g/mol. The van der Waals surface area contributed by atoms with E-state index in [1.54, 1.807) is 26.5 Å². The molecule has 1 fully saturated rings. The average Bonchev–Trinajstić information content (AvgIpc) is 2.90. The summed E-state index contributed by atoms with van der Waals surface area (Å²) in [6, 6.07) is 4.49. The molecule has 0 bridgehead atoms. The van der Waals surface area contributed by atoms with E-state index in [4.69, 9.17) is 5.73 Å². The molecule has 2 aromatic rings. The number of benzene rings is 1. The van der Waals surface area contributed by atoms with Crippen molar-refractivity contribution in [3.63, 3.8) is 0 Å². The SMILES string of the molecule is CN(C)c1cc(CCc2cccnc2)c(O)c2c1C[C@@H]1C[C@@H]3C(N(C)C)C(=O)C(C(N)=O)=C(O)[C@@]3(O)C(=O)C1=C2O. The Morgan fingerprint density at radius 2 is 1.85 bits per heavy atom. The van der Waals surface area contributed by atoms with E-state index in [0.717, 1.165) is 11.3 Å². The molecule has 4 atom stereocenters. The number of aliphatic hydroxyl groups excluding tert-OH is 2. The number of aromatic nitrogens is 1. The first-order valence-electron chi connectivity index (χ1n) is 13.4. The van der Waals surface area contributed by atoms with Gasteiger partial charge in [0, 0.05) is 43.7 Å². The van der Waals surface area contributed by atoms with Crippen molar-refractivity contribution in [3.05, 3.63) is 69.8 Å². The van der Waals surface area contributed by atoms with Crippen LogP contribution in [0.3, 0.4) is 0 Å². The summed E-state index contributed by atoms with van der Waals surface area (Å²) < 4.78 is 0. The molecule has 6 N–H and O–H groups in total. The number of nitrogens with zero attached hydrogens (tertiary/aromatic N) is 3. The molecule has 41 heavy (non-hydrogen) atoms. The van der Waals surface area contributed by atoms with Gasteiger partial charge in [0.2, 0.25) is 5.78 Å². The summed E-state index contributed by atoms with van der Waals surface area (Å²) in [5.74, 6) is -6.58. The molecule has 11 heteroatoms. The number of aliphatic hydroxyl groups is 3. The number of fused-ring (bicyclic) bond motifs is 3. The summed E-state index contributed by atoms with van der Waals surface area (Å²) in [6.07, 6.45) is 4.69. The number of amides is 1. The molecule has 1 aromatic carbocycles. The standard InChI is InChI=1S/C30H34N4O7/c1-33(2)19-12-15(8-7-14-6-5-9-32-13-14)24(35)21-17(19)10-16-11-18-23(34(3)4)26(37)22(29(31)40)28(39)30(18,41)27(38)20(16)25(21)36/h5-6,9,12-13,16,18,23,35-36,39,41H,7-8,10-11H2,1-4H3,(H2,31,40)/t16-,18-,23?,30+/m1/s1. The van der Waals surface area contributed by atoms with Gasteiger partial charge >= 0.3 is 0 Å². The van der Waals surface area contributed by atoms with Gasteiger partial charge in [-0.05, 0) is 74.5 Å². The maximum absolute atomic E-state index is 14.1. The van der Waals surface area contributed by atoms with Gasteiger partial charge in [-0.1, -0.05) is 6.07 Å².